The van der Waals surface area contributed by atoms with Crippen molar-refractivity contribution in [3.63, 3.8) is 0 Å². The summed E-state index contributed by atoms with van der Waals surface area (Å²) in [6, 6.07) is 4.02. The van der Waals surface area contributed by atoms with Gasteiger partial charge in [0, 0.05) is 24.7 Å². The van der Waals surface area contributed by atoms with Crippen LogP contribution >= 0.6 is 0 Å². The Morgan fingerprint density at radius 3 is 2.55 bits per heavy atom. The van der Waals surface area contributed by atoms with Gasteiger partial charge in [-0.25, -0.2) is 13.1 Å². The van der Waals surface area contributed by atoms with Crippen molar-refractivity contribution in [2.24, 2.45) is 0 Å². The summed E-state index contributed by atoms with van der Waals surface area (Å²) >= 11 is 0. The molecular weight excluding hydrogens is 282 g/mol. The third-order valence-corrected chi connectivity index (χ3v) is 4.37. The highest BCUT2D eigenvalue weighted by Crippen LogP contribution is 2.24. The highest BCUT2D eigenvalue weighted by molar-refractivity contribution is 7.89. The molecule has 0 aliphatic carbocycles. The van der Waals surface area contributed by atoms with Gasteiger partial charge in [-0.05, 0) is 26.0 Å². The fraction of sp³-hybridized carbons (Fsp3) is 0.500. The average molecular weight is 301 g/mol. The van der Waals surface area contributed by atoms with Crippen LogP contribution in [-0.2, 0) is 10.0 Å². The third-order valence-electron chi connectivity index (χ3n) is 2.76. The van der Waals surface area contributed by atoms with Gasteiger partial charge in [-0.2, -0.15) is 0 Å². The summed E-state index contributed by atoms with van der Waals surface area (Å²) in [6.07, 6.45) is 0.969. The average Bonchev–Trinajstić information content (AvgIpc) is 2.38. The highest BCUT2D eigenvalue weighted by Gasteiger charge is 2.22. The zero-order valence-electron chi connectivity index (χ0n) is 11.5. The molecule has 1 rings (SSSR count). The molecule has 0 atom stereocenters. The molecule has 0 amide bonds. The van der Waals surface area contributed by atoms with E-state index in [2.05, 4.69) is 10.0 Å². The monoisotopic (exact) mass is 301 g/mol. The fourth-order valence-corrected chi connectivity index (χ4v) is 3.04. The van der Waals surface area contributed by atoms with Crippen molar-refractivity contribution in [1.29, 1.82) is 0 Å². The van der Waals surface area contributed by atoms with Crippen LogP contribution in [0.15, 0.2) is 23.1 Å². The predicted octanol–water partition coefficient (Wildman–Crippen LogP) is 1.18. The Bertz CT molecular complexity index is 572. The van der Waals surface area contributed by atoms with Crippen molar-refractivity contribution in [3.8, 4) is 0 Å². The molecule has 0 bridgehead atoms. The van der Waals surface area contributed by atoms with Gasteiger partial charge in [0.25, 0.3) is 5.69 Å². The summed E-state index contributed by atoms with van der Waals surface area (Å²) in [5.74, 6) is 0. The Hall–Kier alpha value is -1.51. The van der Waals surface area contributed by atoms with Crippen LogP contribution in [0.2, 0.25) is 0 Å². The largest absolute Gasteiger partial charge is 0.315 e. The maximum Gasteiger partial charge on any atom is 0.273 e. The number of benzene rings is 1. The highest BCUT2D eigenvalue weighted by atomic mass is 32.2. The summed E-state index contributed by atoms with van der Waals surface area (Å²) in [5, 5.41) is 13.9. The lowest BCUT2D eigenvalue weighted by Crippen LogP contribution is -2.32. The summed E-state index contributed by atoms with van der Waals surface area (Å²) in [4.78, 5) is 10.2. The quantitative estimate of drug-likeness (QED) is 0.426. The lowest BCUT2D eigenvalue weighted by molar-refractivity contribution is -0.385. The number of hydrogen-bond donors (Lipinski definition) is 2. The normalized spacial score (nSPS) is 11.5. The summed E-state index contributed by atoms with van der Waals surface area (Å²) in [7, 11) is -3.73. The number of hydrogen-bond acceptors (Lipinski definition) is 5. The summed E-state index contributed by atoms with van der Waals surface area (Å²) < 4.78 is 26.6. The van der Waals surface area contributed by atoms with E-state index in [4.69, 9.17) is 0 Å². The number of rotatable bonds is 8. The first-order valence-electron chi connectivity index (χ1n) is 6.34. The predicted molar refractivity (Wildman–Crippen MR) is 76.2 cm³/mol. The molecular formula is C12H19N3O4S. The molecule has 0 heterocycles. The number of nitrogens with one attached hydrogen (secondary N) is 2. The SMILES string of the molecule is CCCNCCNS(=O)(=O)c1cccc([N+](=O)[O-])c1C. The first kappa shape index (κ1) is 16.5. The minimum atomic E-state index is -3.73. The Morgan fingerprint density at radius 2 is 1.95 bits per heavy atom. The van der Waals surface area contributed by atoms with Crippen molar-refractivity contribution < 1.29 is 13.3 Å². The van der Waals surface area contributed by atoms with Gasteiger partial charge < -0.3 is 5.32 Å². The smallest absolute Gasteiger partial charge is 0.273 e. The van der Waals surface area contributed by atoms with Crippen LogP contribution in [0, 0.1) is 17.0 Å². The molecule has 0 spiro atoms. The van der Waals surface area contributed by atoms with Crippen molar-refractivity contribution in [2.45, 2.75) is 25.2 Å². The Kier molecular flexibility index (Phi) is 6.05. The van der Waals surface area contributed by atoms with Gasteiger partial charge in [0.05, 0.1) is 9.82 Å². The minimum Gasteiger partial charge on any atom is -0.315 e. The summed E-state index contributed by atoms with van der Waals surface area (Å²) in [6.45, 7) is 5.02. The molecule has 0 aromatic heterocycles. The van der Waals surface area contributed by atoms with Crippen LogP contribution in [0.25, 0.3) is 0 Å². The number of nitro groups is 1. The van der Waals surface area contributed by atoms with Gasteiger partial charge in [0.1, 0.15) is 0 Å². The Balaban J connectivity index is 2.83. The molecule has 20 heavy (non-hydrogen) atoms. The molecule has 112 valence electrons. The van der Waals surface area contributed by atoms with Crippen molar-refractivity contribution in [3.05, 3.63) is 33.9 Å². The van der Waals surface area contributed by atoms with Crippen LogP contribution in [0.5, 0.6) is 0 Å². The fourth-order valence-electron chi connectivity index (χ4n) is 1.75. The number of nitrogens with zero attached hydrogens (tertiary/aromatic N) is 1. The van der Waals surface area contributed by atoms with Crippen LogP contribution < -0.4 is 10.0 Å². The van der Waals surface area contributed by atoms with Crippen LogP contribution in [0.1, 0.15) is 18.9 Å². The number of nitro benzene ring substituents is 1. The van der Waals surface area contributed by atoms with E-state index in [1.54, 1.807) is 0 Å². The zero-order valence-corrected chi connectivity index (χ0v) is 12.4. The van der Waals surface area contributed by atoms with Crippen LogP contribution in [-0.4, -0.2) is 33.0 Å². The third kappa shape index (κ3) is 4.26. The zero-order chi connectivity index (χ0) is 15.2. The Labute approximate surface area is 118 Å². The molecule has 0 aliphatic rings. The first-order chi connectivity index (χ1) is 9.40. The van der Waals surface area contributed by atoms with Gasteiger partial charge >= 0.3 is 0 Å². The van der Waals surface area contributed by atoms with Gasteiger partial charge in [-0.1, -0.05) is 13.0 Å². The van der Waals surface area contributed by atoms with Gasteiger partial charge in [-0.15, -0.1) is 0 Å². The molecule has 2 N–H and O–H groups in total. The van der Waals surface area contributed by atoms with Crippen LogP contribution in [0.3, 0.4) is 0 Å². The first-order valence-corrected chi connectivity index (χ1v) is 7.83. The number of sulfonamides is 1. The standard InChI is InChI=1S/C12H19N3O4S/c1-3-7-13-8-9-14-20(18,19)12-6-4-5-11(10(12)2)15(16)17/h4-6,13-14H,3,7-9H2,1-2H3. The van der Waals surface area contributed by atoms with Crippen molar-refractivity contribution in [1.82, 2.24) is 10.0 Å². The molecule has 0 aliphatic heterocycles. The van der Waals surface area contributed by atoms with E-state index in [9.17, 15) is 18.5 Å². The van der Waals surface area contributed by atoms with Gasteiger partial charge in [0.15, 0.2) is 0 Å². The molecule has 0 unspecified atom stereocenters. The molecule has 1 aromatic carbocycles. The minimum absolute atomic E-state index is 0.0535. The molecule has 0 fully saturated rings. The second-order valence-corrected chi connectivity index (χ2v) is 6.04. The topological polar surface area (TPSA) is 101 Å². The molecule has 8 heteroatoms. The molecule has 1 aromatic rings. The van der Waals surface area contributed by atoms with E-state index in [1.807, 2.05) is 6.92 Å². The van der Waals surface area contributed by atoms with E-state index in [-0.39, 0.29) is 22.7 Å². The molecule has 7 nitrogen and oxygen atoms in total. The maximum atomic E-state index is 12.1. The molecule has 0 saturated carbocycles. The molecule has 0 radical (unpaired) electrons. The van der Waals surface area contributed by atoms with E-state index in [1.165, 1.54) is 25.1 Å². The maximum absolute atomic E-state index is 12.1. The van der Waals surface area contributed by atoms with Gasteiger partial charge in [0.2, 0.25) is 10.0 Å². The second kappa shape index (κ2) is 7.32. The van der Waals surface area contributed by atoms with Crippen molar-refractivity contribution >= 4 is 15.7 Å². The van der Waals surface area contributed by atoms with Gasteiger partial charge in [-0.3, -0.25) is 10.1 Å². The van der Waals surface area contributed by atoms with E-state index < -0.39 is 14.9 Å². The van der Waals surface area contributed by atoms with Crippen molar-refractivity contribution in [2.75, 3.05) is 19.6 Å². The van der Waals surface area contributed by atoms with E-state index in [0.717, 1.165) is 13.0 Å². The van der Waals surface area contributed by atoms with Crippen LogP contribution in [0.4, 0.5) is 5.69 Å². The second-order valence-electron chi connectivity index (χ2n) is 4.31. The summed E-state index contributed by atoms with van der Waals surface area (Å²) in [5.41, 5.74) is -0.0523. The lowest BCUT2D eigenvalue weighted by Gasteiger charge is -2.09. The lowest BCUT2D eigenvalue weighted by atomic mass is 10.2. The van der Waals surface area contributed by atoms with E-state index in [0.29, 0.717) is 6.54 Å². The van der Waals surface area contributed by atoms with E-state index >= 15 is 0 Å². The molecule has 0 saturated heterocycles. The Morgan fingerprint density at radius 1 is 1.25 bits per heavy atom.